The molecule has 0 aliphatic heterocycles. The first-order valence-electron chi connectivity index (χ1n) is 35.8. The van der Waals surface area contributed by atoms with Crippen molar-refractivity contribution < 1.29 is 24.5 Å². The largest absolute Gasteiger partial charge is 0.466 e. The molecule has 6 heteroatoms. The normalized spacial score (nSPS) is 12.7. The van der Waals surface area contributed by atoms with Gasteiger partial charge in [0.1, 0.15) is 0 Å². The van der Waals surface area contributed by atoms with Gasteiger partial charge in [-0.3, -0.25) is 9.59 Å². The van der Waals surface area contributed by atoms with E-state index in [1.165, 1.54) is 321 Å². The number of aliphatic hydroxyl groups is 2. The molecule has 3 N–H and O–H groups in total. The Morgan fingerprint density at radius 2 is 0.595 bits per heavy atom. The lowest BCUT2D eigenvalue weighted by molar-refractivity contribution is -0.143. The van der Waals surface area contributed by atoms with Crippen LogP contribution in [-0.4, -0.2) is 47.4 Å². The molecule has 0 saturated carbocycles. The van der Waals surface area contributed by atoms with Crippen molar-refractivity contribution in [3.05, 3.63) is 36.5 Å². The van der Waals surface area contributed by atoms with Gasteiger partial charge in [0.25, 0.3) is 0 Å². The summed E-state index contributed by atoms with van der Waals surface area (Å²) in [4.78, 5) is 24.6. The molecule has 0 aromatic carbocycles. The smallest absolute Gasteiger partial charge is 0.305 e. The molecule has 1 amide bonds. The predicted octanol–water partition coefficient (Wildman–Crippen LogP) is 23.1. The van der Waals surface area contributed by atoms with Crippen LogP contribution >= 0.6 is 0 Å². The molecular formula is C73H139NO5. The number of aliphatic hydroxyl groups excluding tert-OH is 2. The molecule has 2 unspecified atom stereocenters. The third-order valence-electron chi connectivity index (χ3n) is 16.6. The zero-order valence-corrected chi connectivity index (χ0v) is 53.4. The van der Waals surface area contributed by atoms with Crippen molar-refractivity contribution in [1.29, 1.82) is 0 Å². The van der Waals surface area contributed by atoms with Gasteiger partial charge in [-0.05, 0) is 83.5 Å². The minimum Gasteiger partial charge on any atom is -0.466 e. The topological polar surface area (TPSA) is 95.9 Å². The minimum absolute atomic E-state index is 0.00969. The van der Waals surface area contributed by atoms with Crippen molar-refractivity contribution in [3.63, 3.8) is 0 Å². The molecule has 0 aromatic heterocycles. The van der Waals surface area contributed by atoms with Crippen molar-refractivity contribution in [3.8, 4) is 0 Å². The summed E-state index contributed by atoms with van der Waals surface area (Å²) in [5.74, 6) is -0.0532. The van der Waals surface area contributed by atoms with Gasteiger partial charge in [0.15, 0.2) is 0 Å². The number of ether oxygens (including phenoxy) is 1. The second kappa shape index (κ2) is 68.6. The van der Waals surface area contributed by atoms with E-state index >= 15 is 0 Å². The number of esters is 1. The Labute approximate surface area is 494 Å². The molecule has 0 fully saturated rings. The van der Waals surface area contributed by atoms with Crippen LogP contribution in [0.3, 0.4) is 0 Å². The fraction of sp³-hybridized carbons (Fsp3) is 0.890. The van der Waals surface area contributed by atoms with Crippen LogP contribution in [0.1, 0.15) is 393 Å². The summed E-state index contributed by atoms with van der Waals surface area (Å²) in [7, 11) is 0. The SMILES string of the molecule is CCCCCCC/C=C\CCCCCCCC(=O)OCCCCCCCCCCCCCC/C=C\CCCCCCCCCCCCCCCCCCC(=O)NC(CO)C(O)/C=C/CCCCCCCCCCCCCCCC. The fourth-order valence-electron chi connectivity index (χ4n) is 11.2. The lowest BCUT2D eigenvalue weighted by atomic mass is 10.0. The monoisotopic (exact) mass is 1110 g/mol. The Morgan fingerprint density at radius 3 is 0.899 bits per heavy atom. The van der Waals surface area contributed by atoms with E-state index in [4.69, 9.17) is 4.74 Å². The van der Waals surface area contributed by atoms with E-state index in [1.54, 1.807) is 6.08 Å². The average molecular weight is 1110 g/mol. The van der Waals surface area contributed by atoms with E-state index in [9.17, 15) is 19.8 Å². The minimum atomic E-state index is -0.843. The summed E-state index contributed by atoms with van der Waals surface area (Å²) in [5, 5.41) is 23.2. The third kappa shape index (κ3) is 65.1. The summed E-state index contributed by atoms with van der Waals surface area (Å²) in [6.45, 7) is 4.92. The van der Waals surface area contributed by atoms with E-state index < -0.39 is 12.1 Å². The quantitative estimate of drug-likeness (QED) is 0.0320. The zero-order chi connectivity index (χ0) is 57.1. The molecule has 0 saturated heterocycles. The lowest BCUT2D eigenvalue weighted by Crippen LogP contribution is -2.45. The number of hydrogen-bond acceptors (Lipinski definition) is 5. The molecule has 79 heavy (non-hydrogen) atoms. The van der Waals surface area contributed by atoms with Gasteiger partial charge in [-0.15, -0.1) is 0 Å². The maximum atomic E-state index is 12.5. The molecule has 0 spiro atoms. The van der Waals surface area contributed by atoms with Gasteiger partial charge in [0.05, 0.1) is 25.4 Å². The molecule has 0 aliphatic carbocycles. The Balaban J connectivity index is 3.37. The molecule has 6 nitrogen and oxygen atoms in total. The first kappa shape index (κ1) is 77.1. The van der Waals surface area contributed by atoms with Crippen LogP contribution in [0.2, 0.25) is 0 Å². The molecule has 0 radical (unpaired) electrons. The number of carbonyl (C=O) groups excluding carboxylic acids is 2. The number of unbranched alkanes of at least 4 members (excludes halogenated alkanes) is 52. The average Bonchev–Trinajstić information content (AvgIpc) is 3.45. The molecule has 2 atom stereocenters. The standard InChI is InChI=1S/C73H139NO5/c1-3-5-7-9-11-13-15-17-19-38-41-45-49-53-57-61-65-71(76)70(69-75)74-72(77)66-62-58-54-50-46-42-39-36-34-32-30-28-26-24-22-20-21-23-25-27-29-31-33-35-37-40-44-48-52-56-60-64-68-79-73(78)67-63-59-55-51-47-43-18-16-14-12-10-8-6-4-2/h16,18,23,25,61,65,70-71,75-76H,3-15,17,19-22,24,26-60,62-64,66-69H2,1-2H3,(H,74,77)/b18-16-,25-23-,65-61+. The number of hydrogen-bond donors (Lipinski definition) is 3. The Bertz CT molecular complexity index is 1280. The van der Waals surface area contributed by atoms with E-state index in [0.29, 0.717) is 19.4 Å². The van der Waals surface area contributed by atoms with Crippen LogP contribution in [0.4, 0.5) is 0 Å². The fourth-order valence-corrected chi connectivity index (χ4v) is 11.2. The summed E-state index contributed by atoms with van der Waals surface area (Å²) in [6.07, 6.45) is 88.0. The maximum absolute atomic E-state index is 12.5. The number of amides is 1. The highest BCUT2D eigenvalue weighted by Crippen LogP contribution is 2.18. The zero-order valence-electron chi connectivity index (χ0n) is 53.4. The van der Waals surface area contributed by atoms with Gasteiger partial charge in [-0.2, -0.15) is 0 Å². The van der Waals surface area contributed by atoms with E-state index in [1.807, 2.05) is 6.08 Å². The van der Waals surface area contributed by atoms with Gasteiger partial charge < -0.3 is 20.3 Å². The number of nitrogens with one attached hydrogen (secondary N) is 1. The summed E-state index contributed by atoms with van der Waals surface area (Å²) < 4.78 is 5.49. The first-order chi connectivity index (χ1) is 39.0. The van der Waals surface area contributed by atoms with Crippen LogP contribution in [0.25, 0.3) is 0 Å². The molecule has 0 heterocycles. The Hall–Kier alpha value is -1.92. The van der Waals surface area contributed by atoms with Crippen molar-refractivity contribution in [2.24, 2.45) is 0 Å². The van der Waals surface area contributed by atoms with Crippen LogP contribution in [0.15, 0.2) is 36.5 Å². The van der Waals surface area contributed by atoms with Crippen LogP contribution < -0.4 is 5.32 Å². The van der Waals surface area contributed by atoms with Gasteiger partial charge in [-0.1, -0.05) is 333 Å². The maximum Gasteiger partial charge on any atom is 0.305 e. The number of allylic oxidation sites excluding steroid dienone is 5. The van der Waals surface area contributed by atoms with E-state index in [0.717, 1.165) is 44.9 Å². The predicted molar refractivity (Wildman–Crippen MR) is 347 cm³/mol. The Morgan fingerprint density at radius 1 is 0.342 bits per heavy atom. The van der Waals surface area contributed by atoms with Gasteiger partial charge in [0.2, 0.25) is 5.91 Å². The highest BCUT2D eigenvalue weighted by atomic mass is 16.5. The molecule has 0 aromatic rings. The van der Waals surface area contributed by atoms with Crippen molar-refractivity contribution in [2.75, 3.05) is 13.2 Å². The summed E-state index contributed by atoms with van der Waals surface area (Å²) in [5.41, 5.74) is 0. The Kier molecular flexibility index (Phi) is 66.9. The highest BCUT2D eigenvalue weighted by Gasteiger charge is 2.18. The second-order valence-electron chi connectivity index (χ2n) is 24.6. The summed E-state index contributed by atoms with van der Waals surface area (Å²) >= 11 is 0. The second-order valence-corrected chi connectivity index (χ2v) is 24.6. The van der Waals surface area contributed by atoms with Crippen molar-refractivity contribution in [1.82, 2.24) is 5.32 Å². The van der Waals surface area contributed by atoms with E-state index in [-0.39, 0.29) is 18.5 Å². The number of rotatable bonds is 67. The number of carbonyl (C=O) groups is 2. The van der Waals surface area contributed by atoms with Gasteiger partial charge in [-0.25, -0.2) is 0 Å². The van der Waals surface area contributed by atoms with Crippen LogP contribution in [-0.2, 0) is 14.3 Å². The van der Waals surface area contributed by atoms with Crippen molar-refractivity contribution in [2.45, 2.75) is 405 Å². The van der Waals surface area contributed by atoms with Gasteiger partial charge in [0, 0.05) is 12.8 Å². The molecular weight excluding hydrogens is 971 g/mol. The molecule has 0 bridgehead atoms. The van der Waals surface area contributed by atoms with Gasteiger partial charge >= 0.3 is 5.97 Å². The molecule has 0 rings (SSSR count). The van der Waals surface area contributed by atoms with E-state index in [2.05, 4.69) is 43.5 Å². The first-order valence-corrected chi connectivity index (χ1v) is 35.8. The molecule has 466 valence electrons. The highest BCUT2D eigenvalue weighted by molar-refractivity contribution is 5.76. The van der Waals surface area contributed by atoms with Crippen LogP contribution in [0.5, 0.6) is 0 Å². The molecule has 0 aliphatic rings. The van der Waals surface area contributed by atoms with Crippen molar-refractivity contribution >= 4 is 11.9 Å². The summed E-state index contributed by atoms with van der Waals surface area (Å²) in [6, 6.07) is -0.626. The third-order valence-corrected chi connectivity index (χ3v) is 16.6. The van der Waals surface area contributed by atoms with Crippen LogP contribution in [0, 0.1) is 0 Å². The lowest BCUT2D eigenvalue weighted by Gasteiger charge is -2.20.